The summed E-state index contributed by atoms with van der Waals surface area (Å²) in [6.07, 6.45) is 1.22. The maximum atomic E-state index is 5.50. The van der Waals surface area contributed by atoms with Crippen molar-refractivity contribution in [2.24, 2.45) is 10.9 Å². The molecule has 2 fully saturated rings. The second-order valence-electron chi connectivity index (χ2n) is 7.62. The number of nitrogens with one attached hydrogen (secondary N) is 1. The first-order chi connectivity index (χ1) is 12.6. The molecule has 0 amide bonds. The molecule has 27 heavy (non-hydrogen) atoms. The molecule has 0 bridgehead atoms. The van der Waals surface area contributed by atoms with Crippen molar-refractivity contribution >= 4 is 41.3 Å². The van der Waals surface area contributed by atoms with E-state index in [9.17, 15) is 0 Å². The molecule has 0 spiro atoms. The van der Waals surface area contributed by atoms with Crippen LogP contribution < -0.4 is 5.32 Å². The molecule has 1 N–H and O–H groups in total. The lowest BCUT2D eigenvalue weighted by Gasteiger charge is -2.37. The molecule has 154 valence electrons. The zero-order valence-corrected chi connectivity index (χ0v) is 20.2. The van der Waals surface area contributed by atoms with Gasteiger partial charge in [0.1, 0.15) is 5.01 Å². The fraction of sp³-hybridized carbons (Fsp3) is 0.789. The van der Waals surface area contributed by atoms with Crippen LogP contribution in [-0.2, 0) is 11.3 Å². The summed E-state index contributed by atoms with van der Waals surface area (Å²) >= 11 is 1.79. The van der Waals surface area contributed by atoms with E-state index >= 15 is 0 Å². The van der Waals surface area contributed by atoms with E-state index in [0.717, 1.165) is 62.8 Å². The third kappa shape index (κ3) is 6.27. The Bertz CT molecular complexity index is 607. The van der Waals surface area contributed by atoms with Gasteiger partial charge in [0.25, 0.3) is 0 Å². The maximum absolute atomic E-state index is 5.50. The SMILES string of the molecule is CN=C(NCc1nc(C(C)C)c(C)s1)N1CCN(CC2CCOC2)CC1.I. The fourth-order valence-electron chi connectivity index (χ4n) is 3.80. The van der Waals surface area contributed by atoms with Crippen molar-refractivity contribution in [1.29, 1.82) is 0 Å². The minimum atomic E-state index is 0. The first-order valence-electron chi connectivity index (χ1n) is 9.78. The number of halogens is 1. The zero-order chi connectivity index (χ0) is 18.5. The molecule has 6 nitrogen and oxygen atoms in total. The van der Waals surface area contributed by atoms with Crippen LogP contribution in [-0.4, -0.2) is 73.7 Å². The highest BCUT2D eigenvalue weighted by Gasteiger charge is 2.24. The molecule has 3 rings (SSSR count). The Balaban J connectivity index is 0.00000261. The van der Waals surface area contributed by atoms with Crippen molar-refractivity contribution in [3.05, 3.63) is 15.6 Å². The van der Waals surface area contributed by atoms with Crippen LogP contribution in [0.3, 0.4) is 0 Å². The minimum absolute atomic E-state index is 0. The van der Waals surface area contributed by atoms with E-state index in [0.29, 0.717) is 5.92 Å². The Morgan fingerprint density at radius 3 is 2.63 bits per heavy atom. The summed E-state index contributed by atoms with van der Waals surface area (Å²) in [6, 6.07) is 0. The highest BCUT2D eigenvalue weighted by Crippen LogP contribution is 2.24. The lowest BCUT2D eigenvalue weighted by molar-refractivity contribution is 0.139. The van der Waals surface area contributed by atoms with Crippen molar-refractivity contribution in [2.75, 3.05) is 53.0 Å². The number of guanidine groups is 1. The molecule has 1 atom stereocenters. The Morgan fingerprint density at radius 2 is 2.07 bits per heavy atom. The number of ether oxygens (including phenoxy) is 1. The molecule has 2 saturated heterocycles. The Hall–Kier alpha value is -0.450. The minimum Gasteiger partial charge on any atom is -0.381 e. The molecular formula is C19H34IN5OS. The molecule has 3 heterocycles. The van der Waals surface area contributed by atoms with E-state index in [-0.39, 0.29) is 24.0 Å². The van der Waals surface area contributed by atoms with E-state index in [4.69, 9.17) is 9.72 Å². The van der Waals surface area contributed by atoms with Crippen LogP contribution in [0, 0.1) is 12.8 Å². The molecule has 8 heteroatoms. The maximum Gasteiger partial charge on any atom is 0.194 e. The van der Waals surface area contributed by atoms with Crippen molar-refractivity contribution < 1.29 is 4.74 Å². The predicted octanol–water partition coefficient (Wildman–Crippen LogP) is 2.92. The molecule has 1 aromatic heterocycles. The Kier molecular flexibility index (Phi) is 9.24. The van der Waals surface area contributed by atoms with Gasteiger partial charge in [-0.1, -0.05) is 13.8 Å². The normalized spacial score (nSPS) is 21.6. The summed E-state index contributed by atoms with van der Waals surface area (Å²) in [7, 11) is 1.87. The number of thiazole rings is 1. The number of aliphatic imine (C=N–C) groups is 1. The summed E-state index contributed by atoms with van der Waals surface area (Å²) < 4.78 is 5.50. The highest BCUT2D eigenvalue weighted by molar-refractivity contribution is 14.0. The fourth-order valence-corrected chi connectivity index (χ4v) is 4.83. The lowest BCUT2D eigenvalue weighted by Crippen LogP contribution is -2.53. The molecule has 1 aromatic rings. The highest BCUT2D eigenvalue weighted by atomic mass is 127. The Labute approximate surface area is 184 Å². The van der Waals surface area contributed by atoms with E-state index < -0.39 is 0 Å². The summed E-state index contributed by atoms with van der Waals surface area (Å²) in [5, 5.41) is 4.65. The van der Waals surface area contributed by atoms with Crippen LogP contribution >= 0.6 is 35.3 Å². The molecule has 2 aliphatic heterocycles. The number of hydrogen-bond donors (Lipinski definition) is 1. The van der Waals surface area contributed by atoms with Crippen LogP contribution in [0.25, 0.3) is 0 Å². The third-order valence-corrected chi connectivity index (χ3v) is 6.23. The van der Waals surface area contributed by atoms with Gasteiger partial charge in [-0.3, -0.25) is 9.89 Å². The molecule has 2 aliphatic rings. The number of rotatable bonds is 5. The largest absolute Gasteiger partial charge is 0.381 e. The second kappa shape index (κ2) is 10.9. The summed E-state index contributed by atoms with van der Waals surface area (Å²) in [5.41, 5.74) is 1.23. The lowest BCUT2D eigenvalue weighted by atomic mass is 10.1. The average Bonchev–Trinajstić information content (AvgIpc) is 3.26. The smallest absolute Gasteiger partial charge is 0.194 e. The number of aromatic nitrogens is 1. The second-order valence-corrected chi connectivity index (χ2v) is 8.91. The van der Waals surface area contributed by atoms with E-state index in [2.05, 4.69) is 40.9 Å². The number of piperazine rings is 1. The van der Waals surface area contributed by atoms with Crippen molar-refractivity contribution in [3.8, 4) is 0 Å². The molecule has 0 aliphatic carbocycles. The van der Waals surface area contributed by atoms with Gasteiger partial charge >= 0.3 is 0 Å². The van der Waals surface area contributed by atoms with Gasteiger partial charge in [-0.05, 0) is 25.2 Å². The summed E-state index contributed by atoms with van der Waals surface area (Å²) in [4.78, 5) is 15.5. The predicted molar refractivity (Wildman–Crippen MR) is 123 cm³/mol. The third-order valence-electron chi connectivity index (χ3n) is 5.25. The van der Waals surface area contributed by atoms with Gasteiger partial charge < -0.3 is 15.0 Å². The van der Waals surface area contributed by atoms with Crippen LogP contribution in [0.1, 0.15) is 41.8 Å². The summed E-state index contributed by atoms with van der Waals surface area (Å²) in [6.45, 7) is 14.6. The monoisotopic (exact) mass is 507 g/mol. The zero-order valence-electron chi connectivity index (χ0n) is 17.0. The molecule has 0 radical (unpaired) electrons. The van der Waals surface area contributed by atoms with Crippen LogP contribution in [0.15, 0.2) is 4.99 Å². The Morgan fingerprint density at radius 1 is 1.33 bits per heavy atom. The molecule has 0 aromatic carbocycles. The van der Waals surface area contributed by atoms with Gasteiger partial charge in [0.2, 0.25) is 0 Å². The van der Waals surface area contributed by atoms with Gasteiger partial charge in [0.15, 0.2) is 5.96 Å². The van der Waals surface area contributed by atoms with Gasteiger partial charge in [0, 0.05) is 51.3 Å². The van der Waals surface area contributed by atoms with E-state index in [1.807, 2.05) is 7.05 Å². The number of aryl methyl sites for hydroxylation is 1. The molecule has 0 saturated carbocycles. The van der Waals surface area contributed by atoms with Crippen LogP contribution in [0.5, 0.6) is 0 Å². The quantitative estimate of drug-likeness (QED) is 0.378. The van der Waals surface area contributed by atoms with E-state index in [1.54, 1.807) is 11.3 Å². The topological polar surface area (TPSA) is 53.0 Å². The number of nitrogens with zero attached hydrogens (tertiary/aromatic N) is 4. The number of hydrogen-bond acceptors (Lipinski definition) is 5. The average molecular weight is 507 g/mol. The van der Waals surface area contributed by atoms with Gasteiger partial charge in [0.05, 0.1) is 18.8 Å². The van der Waals surface area contributed by atoms with Crippen molar-refractivity contribution in [2.45, 2.75) is 39.7 Å². The first kappa shape index (κ1) is 22.8. The van der Waals surface area contributed by atoms with Crippen molar-refractivity contribution in [1.82, 2.24) is 20.1 Å². The first-order valence-corrected chi connectivity index (χ1v) is 10.6. The van der Waals surface area contributed by atoms with E-state index in [1.165, 1.54) is 23.5 Å². The van der Waals surface area contributed by atoms with Crippen LogP contribution in [0.4, 0.5) is 0 Å². The summed E-state index contributed by atoms with van der Waals surface area (Å²) in [5.74, 6) is 2.20. The van der Waals surface area contributed by atoms with Crippen LogP contribution in [0.2, 0.25) is 0 Å². The molecular weight excluding hydrogens is 473 g/mol. The van der Waals surface area contributed by atoms with Gasteiger partial charge in [-0.15, -0.1) is 35.3 Å². The van der Waals surface area contributed by atoms with Crippen molar-refractivity contribution in [3.63, 3.8) is 0 Å². The standard InChI is InChI=1S/C19H33N5OS.HI/c1-14(2)18-15(3)26-17(22-18)11-21-19(20-4)24-8-6-23(7-9-24)12-16-5-10-25-13-16;/h14,16H,5-13H2,1-4H3,(H,20,21);1H. The van der Waals surface area contributed by atoms with Gasteiger partial charge in [-0.2, -0.15) is 0 Å². The van der Waals surface area contributed by atoms with Gasteiger partial charge in [-0.25, -0.2) is 4.98 Å². The molecule has 1 unspecified atom stereocenters.